The number of carbonyl (C=O) groups is 1. The number of amides is 2. The van der Waals surface area contributed by atoms with E-state index in [-0.39, 0.29) is 12.6 Å². The molecule has 0 fully saturated rings. The average molecular weight is 268 g/mol. The molecule has 0 spiro atoms. The van der Waals surface area contributed by atoms with Gasteiger partial charge in [-0.15, -0.1) is 11.8 Å². The van der Waals surface area contributed by atoms with Crippen molar-refractivity contribution in [2.24, 2.45) is 0 Å². The van der Waals surface area contributed by atoms with Gasteiger partial charge in [0.15, 0.2) is 0 Å². The van der Waals surface area contributed by atoms with Gasteiger partial charge in [0.25, 0.3) is 0 Å². The van der Waals surface area contributed by atoms with E-state index < -0.39 is 5.54 Å². The average Bonchev–Trinajstić information content (AvgIpc) is 2.28. The number of carbonyl (C=O) groups excluding carboxylic acids is 1. The van der Waals surface area contributed by atoms with E-state index in [1.807, 2.05) is 44.4 Å². The number of hydrogen-bond donors (Lipinski definition) is 3. The summed E-state index contributed by atoms with van der Waals surface area (Å²) in [4.78, 5) is 12.9. The largest absolute Gasteiger partial charge is 0.396 e. The number of hydrogen-bond acceptors (Lipinski definition) is 3. The zero-order valence-electron chi connectivity index (χ0n) is 11.0. The third kappa shape index (κ3) is 4.58. The molecule has 0 aliphatic carbocycles. The summed E-state index contributed by atoms with van der Waals surface area (Å²) in [6.07, 6.45) is 2.48. The minimum atomic E-state index is -0.423. The first-order chi connectivity index (χ1) is 8.48. The quantitative estimate of drug-likeness (QED) is 0.720. The molecule has 1 rings (SSSR count). The second kappa shape index (κ2) is 6.66. The number of para-hydroxylation sites is 1. The molecule has 0 aliphatic rings. The molecule has 0 bridgehead atoms. The van der Waals surface area contributed by atoms with Crippen LogP contribution in [0.2, 0.25) is 0 Å². The number of benzene rings is 1. The number of aliphatic hydroxyl groups excluding tert-OH is 1. The van der Waals surface area contributed by atoms with Gasteiger partial charge in [0.05, 0.1) is 5.69 Å². The van der Waals surface area contributed by atoms with Crippen molar-refractivity contribution in [3.63, 3.8) is 0 Å². The number of thioether (sulfide) groups is 1. The molecular weight excluding hydrogens is 248 g/mol. The first-order valence-corrected chi connectivity index (χ1v) is 7.04. The lowest BCUT2D eigenvalue weighted by Crippen LogP contribution is -2.46. The highest BCUT2D eigenvalue weighted by molar-refractivity contribution is 7.98. The van der Waals surface area contributed by atoms with Crippen LogP contribution in [0.5, 0.6) is 0 Å². The summed E-state index contributed by atoms with van der Waals surface area (Å²) >= 11 is 1.58. The molecule has 1 aromatic carbocycles. The monoisotopic (exact) mass is 268 g/mol. The molecule has 0 unspecified atom stereocenters. The van der Waals surface area contributed by atoms with E-state index in [0.717, 1.165) is 10.6 Å². The highest BCUT2D eigenvalue weighted by Crippen LogP contribution is 2.24. The second-order valence-corrected chi connectivity index (χ2v) is 5.48. The molecule has 100 valence electrons. The first-order valence-electron chi connectivity index (χ1n) is 5.81. The van der Waals surface area contributed by atoms with Gasteiger partial charge in [-0.2, -0.15) is 0 Å². The minimum absolute atomic E-state index is 0.0503. The maximum atomic E-state index is 11.9. The van der Waals surface area contributed by atoms with Crippen LogP contribution in [-0.2, 0) is 0 Å². The van der Waals surface area contributed by atoms with Crippen LogP contribution in [-0.4, -0.2) is 29.5 Å². The van der Waals surface area contributed by atoms with Gasteiger partial charge in [-0.25, -0.2) is 4.79 Å². The highest BCUT2D eigenvalue weighted by atomic mass is 32.2. The van der Waals surface area contributed by atoms with E-state index in [0.29, 0.717) is 6.42 Å². The molecule has 18 heavy (non-hydrogen) atoms. The number of rotatable bonds is 5. The van der Waals surface area contributed by atoms with Crippen LogP contribution in [0.4, 0.5) is 10.5 Å². The summed E-state index contributed by atoms with van der Waals surface area (Å²) in [5, 5.41) is 14.6. The highest BCUT2D eigenvalue weighted by Gasteiger charge is 2.19. The normalized spacial score (nSPS) is 11.1. The summed E-state index contributed by atoms with van der Waals surface area (Å²) < 4.78 is 0. The molecular formula is C13H20N2O2S. The Bertz CT molecular complexity index is 408. The van der Waals surface area contributed by atoms with Crippen molar-refractivity contribution < 1.29 is 9.90 Å². The van der Waals surface area contributed by atoms with Crippen molar-refractivity contribution in [3.8, 4) is 0 Å². The van der Waals surface area contributed by atoms with Gasteiger partial charge in [-0.3, -0.25) is 0 Å². The molecule has 0 saturated carbocycles. The van der Waals surface area contributed by atoms with Crippen LogP contribution in [0.15, 0.2) is 29.2 Å². The van der Waals surface area contributed by atoms with Crippen molar-refractivity contribution in [1.82, 2.24) is 5.32 Å². The van der Waals surface area contributed by atoms with Crippen LogP contribution in [0, 0.1) is 0 Å². The predicted octanol–water partition coefficient (Wildman–Crippen LogP) is 2.69. The molecule has 0 aliphatic heterocycles. The van der Waals surface area contributed by atoms with Gasteiger partial charge in [0.1, 0.15) is 0 Å². The van der Waals surface area contributed by atoms with Crippen LogP contribution >= 0.6 is 11.8 Å². The van der Waals surface area contributed by atoms with E-state index in [1.54, 1.807) is 11.8 Å². The maximum absolute atomic E-state index is 11.9. The number of nitrogens with one attached hydrogen (secondary N) is 2. The van der Waals surface area contributed by atoms with Crippen LogP contribution in [0.3, 0.4) is 0 Å². The van der Waals surface area contributed by atoms with Gasteiger partial charge in [-0.1, -0.05) is 12.1 Å². The molecule has 0 atom stereocenters. The van der Waals surface area contributed by atoms with E-state index in [2.05, 4.69) is 10.6 Å². The van der Waals surface area contributed by atoms with Gasteiger partial charge in [0.2, 0.25) is 0 Å². The molecule has 3 N–H and O–H groups in total. The van der Waals surface area contributed by atoms with Crippen molar-refractivity contribution in [3.05, 3.63) is 24.3 Å². The van der Waals surface area contributed by atoms with Crippen LogP contribution in [0.25, 0.3) is 0 Å². The Morgan fingerprint density at radius 2 is 2.06 bits per heavy atom. The number of anilines is 1. The predicted molar refractivity (Wildman–Crippen MR) is 76.2 cm³/mol. The van der Waals surface area contributed by atoms with Gasteiger partial charge >= 0.3 is 6.03 Å². The Morgan fingerprint density at radius 1 is 1.39 bits per heavy atom. The fraction of sp³-hybridized carbons (Fsp3) is 0.462. The lowest BCUT2D eigenvalue weighted by molar-refractivity contribution is 0.218. The molecule has 0 heterocycles. The lowest BCUT2D eigenvalue weighted by Gasteiger charge is -2.25. The smallest absolute Gasteiger partial charge is 0.319 e. The zero-order chi connectivity index (χ0) is 13.6. The molecule has 4 nitrogen and oxygen atoms in total. The Balaban J connectivity index is 2.65. The minimum Gasteiger partial charge on any atom is -0.396 e. The summed E-state index contributed by atoms with van der Waals surface area (Å²) in [5.41, 5.74) is 0.370. The number of aliphatic hydroxyl groups is 1. The third-order valence-corrected chi connectivity index (χ3v) is 3.34. The summed E-state index contributed by atoms with van der Waals surface area (Å²) in [6.45, 7) is 3.81. The SMILES string of the molecule is CSc1ccccc1NC(=O)NC(C)(C)CCO. The van der Waals surface area contributed by atoms with E-state index in [9.17, 15) is 4.79 Å². The van der Waals surface area contributed by atoms with Crippen molar-refractivity contribution in [2.45, 2.75) is 30.7 Å². The molecule has 5 heteroatoms. The zero-order valence-corrected chi connectivity index (χ0v) is 11.8. The topological polar surface area (TPSA) is 61.4 Å². The molecule has 0 radical (unpaired) electrons. The summed E-state index contributed by atoms with van der Waals surface area (Å²) in [6, 6.07) is 7.39. The Kier molecular flexibility index (Phi) is 5.50. The summed E-state index contributed by atoms with van der Waals surface area (Å²) in [5.74, 6) is 0. The van der Waals surface area contributed by atoms with Crippen LogP contribution < -0.4 is 10.6 Å². The van der Waals surface area contributed by atoms with Crippen molar-refractivity contribution in [2.75, 3.05) is 18.2 Å². The molecule has 0 aromatic heterocycles. The van der Waals surface area contributed by atoms with E-state index >= 15 is 0 Å². The van der Waals surface area contributed by atoms with E-state index in [1.165, 1.54) is 0 Å². The fourth-order valence-corrected chi connectivity index (χ4v) is 2.10. The van der Waals surface area contributed by atoms with Gasteiger partial charge in [0, 0.05) is 17.0 Å². The lowest BCUT2D eigenvalue weighted by atomic mass is 10.0. The number of urea groups is 1. The Hall–Kier alpha value is -1.20. The fourth-order valence-electron chi connectivity index (χ4n) is 1.55. The van der Waals surface area contributed by atoms with Crippen LogP contribution in [0.1, 0.15) is 20.3 Å². The van der Waals surface area contributed by atoms with Gasteiger partial charge < -0.3 is 15.7 Å². The van der Waals surface area contributed by atoms with Crippen molar-refractivity contribution >= 4 is 23.5 Å². The van der Waals surface area contributed by atoms with E-state index in [4.69, 9.17) is 5.11 Å². The second-order valence-electron chi connectivity index (χ2n) is 4.64. The molecule has 2 amide bonds. The third-order valence-electron chi connectivity index (χ3n) is 2.54. The van der Waals surface area contributed by atoms with Gasteiger partial charge in [-0.05, 0) is 38.7 Å². The maximum Gasteiger partial charge on any atom is 0.319 e. The Labute approximate surface area is 112 Å². The first kappa shape index (κ1) is 14.9. The molecule has 0 saturated heterocycles. The summed E-state index contributed by atoms with van der Waals surface area (Å²) in [7, 11) is 0. The van der Waals surface area contributed by atoms with Crippen molar-refractivity contribution in [1.29, 1.82) is 0 Å². The standard InChI is InChI=1S/C13H20N2O2S/c1-13(2,8-9-16)15-12(17)14-10-6-4-5-7-11(10)18-3/h4-7,16H,8-9H2,1-3H3,(H2,14,15,17). The Morgan fingerprint density at radius 3 is 2.67 bits per heavy atom. The molecule has 1 aromatic rings.